The van der Waals surface area contributed by atoms with Crippen LogP contribution < -0.4 is 5.32 Å². The number of nitrogens with one attached hydrogen (secondary N) is 1. The zero-order chi connectivity index (χ0) is 20.0. The molecule has 1 atom stereocenters. The van der Waals surface area contributed by atoms with Crippen LogP contribution in [0, 0.1) is 19.8 Å². The Morgan fingerprint density at radius 3 is 2.56 bits per heavy atom. The molecular weight excluding hydrogens is 368 g/mol. The van der Waals surface area contributed by atoms with Gasteiger partial charge < -0.3 is 14.8 Å². The van der Waals surface area contributed by atoms with Crippen LogP contribution >= 0.6 is 11.3 Å². The van der Waals surface area contributed by atoms with Crippen molar-refractivity contribution in [1.29, 1.82) is 0 Å². The number of likely N-dealkylation sites (tertiary alicyclic amines) is 1. The Labute approximate surface area is 164 Å². The van der Waals surface area contributed by atoms with Crippen LogP contribution in [0.1, 0.15) is 47.5 Å². The first kappa shape index (κ1) is 21.4. The molecule has 0 aliphatic carbocycles. The predicted molar refractivity (Wildman–Crippen MR) is 104 cm³/mol. The van der Waals surface area contributed by atoms with Crippen molar-refractivity contribution in [3.8, 4) is 0 Å². The van der Waals surface area contributed by atoms with Gasteiger partial charge in [-0.05, 0) is 52.6 Å². The lowest BCUT2D eigenvalue weighted by atomic mass is 9.98. The standard InChI is InChI=1S/C19H28N2O5S/c1-5-25-18(23)14-8-7-9-21(10-14)11-15(22)20-17-16(19(24)26-6-2)12(3)13(4)27-17/h14H,5-11H2,1-4H3,(H,20,22)/t14-/m1/s1. The van der Waals surface area contributed by atoms with Gasteiger partial charge in [0.05, 0.1) is 31.2 Å². The van der Waals surface area contributed by atoms with Gasteiger partial charge in [-0.1, -0.05) is 0 Å². The van der Waals surface area contributed by atoms with Gasteiger partial charge in [-0.15, -0.1) is 11.3 Å². The minimum Gasteiger partial charge on any atom is -0.466 e. The molecule has 7 nitrogen and oxygen atoms in total. The maximum atomic E-state index is 12.5. The topological polar surface area (TPSA) is 84.9 Å². The van der Waals surface area contributed by atoms with Gasteiger partial charge >= 0.3 is 11.9 Å². The van der Waals surface area contributed by atoms with E-state index < -0.39 is 5.97 Å². The first-order chi connectivity index (χ1) is 12.9. The molecule has 0 aromatic carbocycles. The molecular formula is C19H28N2O5S. The Hall–Kier alpha value is -1.93. The number of carbonyl (C=O) groups excluding carboxylic acids is 3. The van der Waals surface area contributed by atoms with Crippen molar-refractivity contribution in [3.05, 3.63) is 16.0 Å². The summed E-state index contributed by atoms with van der Waals surface area (Å²) in [5.74, 6) is -1.01. The van der Waals surface area contributed by atoms with Crippen molar-refractivity contribution >= 4 is 34.2 Å². The Balaban J connectivity index is 2.00. The molecule has 150 valence electrons. The van der Waals surface area contributed by atoms with Crippen LogP contribution in [0.25, 0.3) is 0 Å². The first-order valence-electron chi connectivity index (χ1n) is 9.33. The lowest BCUT2D eigenvalue weighted by molar-refractivity contribution is -0.150. The highest BCUT2D eigenvalue weighted by molar-refractivity contribution is 7.16. The molecule has 1 saturated heterocycles. The molecule has 2 heterocycles. The highest BCUT2D eigenvalue weighted by Gasteiger charge is 2.28. The molecule has 8 heteroatoms. The zero-order valence-corrected chi connectivity index (χ0v) is 17.2. The number of anilines is 1. The van der Waals surface area contributed by atoms with Crippen LogP contribution in [0.2, 0.25) is 0 Å². The average Bonchev–Trinajstić information content (AvgIpc) is 2.89. The molecule has 2 rings (SSSR count). The third kappa shape index (κ3) is 5.52. The number of esters is 2. The number of hydrogen-bond donors (Lipinski definition) is 1. The second-order valence-electron chi connectivity index (χ2n) is 6.58. The first-order valence-corrected chi connectivity index (χ1v) is 10.1. The summed E-state index contributed by atoms with van der Waals surface area (Å²) in [6.45, 7) is 9.39. The van der Waals surface area contributed by atoms with Crippen molar-refractivity contribution in [3.63, 3.8) is 0 Å². The number of rotatable bonds is 7. The Morgan fingerprint density at radius 1 is 1.19 bits per heavy atom. The fraction of sp³-hybridized carbons (Fsp3) is 0.632. The lowest BCUT2D eigenvalue weighted by Gasteiger charge is -2.30. The molecule has 1 amide bonds. The summed E-state index contributed by atoms with van der Waals surface area (Å²) in [7, 11) is 0. The van der Waals surface area contributed by atoms with Gasteiger partial charge in [0.2, 0.25) is 5.91 Å². The summed E-state index contributed by atoms with van der Waals surface area (Å²) in [4.78, 5) is 39.6. The average molecular weight is 397 g/mol. The van der Waals surface area contributed by atoms with Crippen LogP contribution in [0.5, 0.6) is 0 Å². The molecule has 0 spiro atoms. The Bertz CT molecular complexity index is 701. The maximum absolute atomic E-state index is 12.5. The monoisotopic (exact) mass is 396 g/mol. The Morgan fingerprint density at radius 2 is 1.89 bits per heavy atom. The molecule has 1 fully saturated rings. The van der Waals surface area contributed by atoms with E-state index in [4.69, 9.17) is 9.47 Å². The second kappa shape index (κ2) is 9.85. The van der Waals surface area contributed by atoms with Crippen molar-refractivity contribution < 1.29 is 23.9 Å². The highest BCUT2D eigenvalue weighted by Crippen LogP contribution is 2.33. The molecule has 1 aromatic rings. The smallest absolute Gasteiger partial charge is 0.341 e. The van der Waals surface area contributed by atoms with Crippen molar-refractivity contribution in [2.75, 3.05) is 38.2 Å². The lowest BCUT2D eigenvalue weighted by Crippen LogP contribution is -2.43. The van der Waals surface area contributed by atoms with Crippen molar-refractivity contribution in [2.24, 2.45) is 5.92 Å². The van der Waals surface area contributed by atoms with E-state index in [1.807, 2.05) is 18.7 Å². The summed E-state index contributed by atoms with van der Waals surface area (Å²) >= 11 is 1.37. The summed E-state index contributed by atoms with van der Waals surface area (Å²) in [5.41, 5.74) is 1.25. The van der Waals surface area contributed by atoms with E-state index in [0.29, 0.717) is 23.7 Å². The molecule has 27 heavy (non-hydrogen) atoms. The van der Waals surface area contributed by atoms with Crippen LogP contribution in [-0.2, 0) is 19.1 Å². The van der Waals surface area contributed by atoms with Gasteiger partial charge in [-0.3, -0.25) is 14.5 Å². The number of aryl methyl sites for hydroxylation is 1. The Kier molecular flexibility index (Phi) is 7.79. The molecule has 0 unspecified atom stereocenters. The number of amides is 1. The second-order valence-corrected chi connectivity index (χ2v) is 7.81. The summed E-state index contributed by atoms with van der Waals surface area (Å²) in [6.07, 6.45) is 1.63. The summed E-state index contributed by atoms with van der Waals surface area (Å²) in [5, 5.41) is 3.37. The van der Waals surface area contributed by atoms with Crippen LogP contribution in [0.15, 0.2) is 0 Å². The van der Waals surface area contributed by atoms with Crippen LogP contribution in [-0.4, -0.2) is 55.6 Å². The van der Waals surface area contributed by atoms with Gasteiger partial charge in [0.1, 0.15) is 5.00 Å². The largest absolute Gasteiger partial charge is 0.466 e. The number of nitrogens with zero attached hydrogens (tertiary/aromatic N) is 1. The van der Waals surface area contributed by atoms with Gasteiger partial charge in [0, 0.05) is 11.4 Å². The van der Waals surface area contributed by atoms with E-state index in [2.05, 4.69) is 5.32 Å². The van der Waals surface area contributed by atoms with E-state index in [1.165, 1.54) is 11.3 Å². The fourth-order valence-corrected chi connectivity index (χ4v) is 4.25. The third-order valence-corrected chi connectivity index (χ3v) is 5.73. The number of ether oxygens (including phenoxy) is 2. The summed E-state index contributed by atoms with van der Waals surface area (Å²) < 4.78 is 10.2. The molecule has 1 N–H and O–H groups in total. The molecule has 1 aliphatic heterocycles. The fourth-order valence-electron chi connectivity index (χ4n) is 3.18. The minimum atomic E-state index is -0.421. The predicted octanol–water partition coefficient (Wildman–Crippen LogP) is 2.76. The van der Waals surface area contributed by atoms with E-state index in [-0.39, 0.29) is 30.9 Å². The SMILES string of the molecule is CCOC(=O)c1c(NC(=O)CN2CCC[C@@H](C(=O)OCC)C2)sc(C)c1C. The van der Waals surface area contributed by atoms with E-state index in [0.717, 1.165) is 29.8 Å². The van der Waals surface area contributed by atoms with E-state index in [1.54, 1.807) is 13.8 Å². The van der Waals surface area contributed by atoms with Gasteiger partial charge in [-0.25, -0.2) is 4.79 Å². The van der Waals surface area contributed by atoms with Gasteiger partial charge in [0.15, 0.2) is 0 Å². The van der Waals surface area contributed by atoms with Gasteiger partial charge in [-0.2, -0.15) is 0 Å². The molecule has 1 aliphatic rings. The van der Waals surface area contributed by atoms with Crippen LogP contribution in [0.4, 0.5) is 5.00 Å². The molecule has 0 saturated carbocycles. The third-order valence-electron chi connectivity index (χ3n) is 4.61. The van der Waals surface area contributed by atoms with Crippen molar-refractivity contribution in [1.82, 2.24) is 4.90 Å². The number of piperidine rings is 1. The normalized spacial score (nSPS) is 17.4. The van der Waals surface area contributed by atoms with E-state index in [9.17, 15) is 14.4 Å². The molecule has 1 aromatic heterocycles. The molecule has 0 radical (unpaired) electrons. The molecule has 0 bridgehead atoms. The quantitative estimate of drug-likeness (QED) is 0.714. The van der Waals surface area contributed by atoms with Crippen LogP contribution in [0.3, 0.4) is 0 Å². The number of carbonyl (C=O) groups is 3. The van der Waals surface area contributed by atoms with E-state index >= 15 is 0 Å². The number of hydrogen-bond acceptors (Lipinski definition) is 7. The van der Waals surface area contributed by atoms with Gasteiger partial charge in [0.25, 0.3) is 0 Å². The minimum absolute atomic E-state index is 0.175. The zero-order valence-electron chi connectivity index (χ0n) is 16.4. The summed E-state index contributed by atoms with van der Waals surface area (Å²) in [6, 6.07) is 0. The number of thiophene rings is 1. The highest BCUT2D eigenvalue weighted by atomic mass is 32.1. The maximum Gasteiger partial charge on any atom is 0.341 e. The van der Waals surface area contributed by atoms with Crippen molar-refractivity contribution in [2.45, 2.75) is 40.5 Å².